The lowest BCUT2D eigenvalue weighted by Crippen LogP contribution is -2.60. The van der Waals surface area contributed by atoms with Crippen LogP contribution in [-0.2, 0) is 7.05 Å². The Labute approximate surface area is 156 Å². The molecule has 6 rings (SSSR count). The second-order valence-electron chi connectivity index (χ2n) is 7.90. The molecule has 3 atom stereocenters. The Morgan fingerprint density at radius 2 is 1.93 bits per heavy atom. The highest BCUT2D eigenvalue weighted by atomic mass is 19.2. The van der Waals surface area contributed by atoms with E-state index in [0.717, 1.165) is 32.0 Å². The fraction of sp³-hybridized carbons (Fsp3) is 0.500. The number of halogens is 2. The van der Waals surface area contributed by atoms with E-state index < -0.39 is 11.6 Å². The van der Waals surface area contributed by atoms with Gasteiger partial charge in [-0.3, -0.25) is 14.4 Å². The topological polar surface area (TPSA) is 41.4 Å². The Bertz CT molecular complexity index is 890. The van der Waals surface area contributed by atoms with Gasteiger partial charge < -0.3 is 4.90 Å². The monoisotopic (exact) mass is 372 g/mol. The van der Waals surface area contributed by atoms with Crippen molar-refractivity contribution in [2.45, 2.75) is 30.8 Å². The van der Waals surface area contributed by atoms with E-state index in [-0.39, 0.29) is 23.9 Å². The van der Waals surface area contributed by atoms with Gasteiger partial charge in [0.25, 0.3) is 5.91 Å². The Kier molecular flexibility index (Phi) is 3.82. The summed E-state index contributed by atoms with van der Waals surface area (Å²) >= 11 is 0. The summed E-state index contributed by atoms with van der Waals surface area (Å²) in [5, 5.41) is 4.11. The van der Waals surface area contributed by atoms with E-state index in [1.54, 1.807) is 36.1 Å². The summed E-state index contributed by atoms with van der Waals surface area (Å²) in [5.74, 6) is -1.47. The van der Waals surface area contributed by atoms with Crippen LogP contribution in [0.25, 0.3) is 0 Å². The zero-order valence-electron chi connectivity index (χ0n) is 15.2. The lowest BCUT2D eigenvalue weighted by atomic mass is 9.75. The maximum absolute atomic E-state index is 14.6. The van der Waals surface area contributed by atoms with Crippen LogP contribution < -0.4 is 0 Å². The number of hydrogen-bond donors (Lipinski definition) is 0. The molecule has 2 aromatic rings. The second-order valence-corrected chi connectivity index (χ2v) is 7.90. The van der Waals surface area contributed by atoms with Gasteiger partial charge in [-0.25, -0.2) is 8.78 Å². The lowest BCUT2D eigenvalue weighted by molar-refractivity contribution is -0.00390. The zero-order chi connectivity index (χ0) is 18.7. The largest absolute Gasteiger partial charge is 0.332 e. The maximum atomic E-state index is 14.6. The molecule has 1 aromatic heterocycles. The number of aromatic nitrogens is 2. The molecule has 0 N–H and O–H groups in total. The number of aryl methyl sites for hydroxylation is 1. The van der Waals surface area contributed by atoms with Crippen molar-refractivity contribution in [1.82, 2.24) is 19.6 Å². The maximum Gasteiger partial charge on any atom is 0.272 e. The Morgan fingerprint density at radius 1 is 1.15 bits per heavy atom. The molecule has 4 aliphatic rings. The quantitative estimate of drug-likeness (QED) is 0.813. The van der Waals surface area contributed by atoms with Crippen molar-refractivity contribution in [2.75, 3.05) is 19.6 Å². The van der Waals surface area contributed by atoms with Gasteiger partial charge in [0.2, 0.25) is 0 Å². The zero-order valence-corrected chi connectivity index (χ0v) is 15.2. The standard InChI is InChI=1S/C20H22F2N4O/c1-24-16(5-8-23-24)20(27)26-11-14(13-3-2-4-15(21)17(13)22)19-18(26)12-6-9-25(19)10-7-12/h2-5,8,12,14,18-19H,6-7,9-11H2,1H3/t14-,18-,19-/m1/s1. The molecule has 1 aromatic carbocycles. The third-order valence-corrected chi connectivity index (χ3v) is 6.68. The molecule has 0 saturated carbocycles. The third kappa shape index (κ3) is 2.44. The van der Waals surface area contributed by atoms with Crippen molar-refractivity contribution in [2.24, 2.45) is 13.0 Å². The van der Waals surface area contributed by atoms with Crippen LogP contribution in [0.5, 0.6) is 0 Å². The number of hydrogen-bond acceptors (Lipinski definition) is 3. The first-order valence-electron chi connectivity index (χ1n) is 9.53. The molecular weight excluding hydrogens is 350 g/mol. The van der Waals surface area contributed by atoms with Gasteiger partial charge in [0.15, 0.2) is 11.6 Å². The summed E-state index contributed by atoms with van der Waals surface area (Å²) in [6.45, 7) is 2.34. The predicted octanol–water partition coefficient (Wildman–Crippen LogP) is 2.40. The summed E-state index contributed by atoms with van der Waals surface area (Å²) in [4.78, 5) is 17.5. The number of amides is 1. The van der Waals surface area contributed by atoms with Crippen LogP contribution in [0.4, 0.5) is 8.78 Å². The van der Waals surface area contributed by atoms with E-state index in [1.165, 1.54) is 0 Å². The minimum absolute atomic E-state index is 0.0440. The molecule has 7 heteroatoms. The van der Waals surface area contributed by atoms with Crippen molar-refractivity contribution < 1.29 is 13.6 Å². The molecule has 0 aliphatic carbocycles. The van der Waals surface area contributed by atoms with Gasteiger partial charge in [-0.15, -0.1) is 0 Å². The van der Waals surface area contributed by atoms with Crippen molar-refractivity contribution in [3.05, 3.63) is 53.4 Å². The first-order chi connectivity index (χ1) is 13.1. The van der Waals surface area contributed by atoms with Gasteiger partial charge in [-0.1, -0.05) is 12.1 Å². The van der Waals surface area contributed by atoms with Crippen LogP contribution in [0.15, 0.2) is 30.5 Å². The summed E-state index contributed by atoms with van der Waals surface area (Å²) in [6.07, 6.45) is 3.71. The minimum Gasteiger partial charge on any atom is -0.332 e. The van der Waals surface area contributed by atoms with E-state index in [9.17, 15) is 13.6 Å². The van der Waals surface area contributed by atoms with Gasteiger partial charge in [0.05, 0.1) is 6.04 Å². The highest BCUT2D eigenvalue weighted by Crippen LogP contribution is 2.47. The number of nitrogens with zero attached hydrogens (tertiary/aromatic N) is 4. The van der Waals surface area contributed by atoms with Crippen LogP contribution in [-0.4, -0.2) is 57.2 Å². The summed E-state index contributed by atoms with van der Waals surface area (Å²) in [5.41, 5.74) is 0.920. The van der Waals surface area contributed by atoms with Crippen LogP contribution >= 0.6 is 0 Å². The highest BCUT2D eigenvalue weighted by Gasteiger charge is 2.55. The second kappa shape index (κ2) is 6.12. The molecule has 142 valence electrons. The van der Waals surface area contributed by atoms with Gasteiger partial charge >= 0.3 is 0 Å². The molecular formula is C20H22F2N4O. The van der Waals surface area contributed by atoms with Crippen LogP contribution in [0.3, 0.4) is 0 Å². The first kappa shape index (κ1) is 16.9. The molecule has 4 fully saturated rings. The highest BCUT2D eigenvalue weighted by molar-refractivity contribution is 5.93. The molecule has 5 heterocycles. The molecule has 0 radical (unpaired) electrons. The molecule has 4 saturated heterocycles. The molecule has 0 spiro atoms. The van der Waals surface area contributed by atoms with E-state index in [4.69, 9.17) is 0 Å². The van der Waals surface area contributed by atoms with Crippen LogP contribution in [0.2, 0.25) is 0 Å². The fourth-order valence-corrected chi connectivity index (χ4v) is 5.47. The Morgan fingerprint density at radius 3 is 2.63 bits per heavy atom. The van der Waals surface area contributed by atoms with Crippen LogP contribution in [0.1, 0.15) is 34.8 Å². The van der Waals surface area contributed by atoms with E-state index in [2.05, 4.69) is 10.00 Å². The summed E-state index contributed by atoms with van der Waals surface area (Å²) in [7, 11) is 1.75. The van der Waals surface area contributed by atoms with Gasteiger partial charge in [-0.2, -0.15) is 5.10 Å². The van der Waals surface area contributed by atoms with E-state index in [0.29, 0.717) is 23.7 Å². The van der Waals surface area contributed by atoms with Crippen LogP contribution in [0, 0.1) is 17.6 Å². The number of carbonyl (C=O) groups excluding carboxylic acids is 1. The SMILES string of the molecule is Cn1nccc1C(=O)N1C[C@H](c2cccc(F)c2F)[C@@H]2[C@H]1C1CCN2CC1. The lowest BCUT2D eigenvalue weighted by Gasteiger charge is -2.51. The van der Waals surface area contributed by atoms with Crippen molar-refractivity contribution >= 4 is 5.91 Å². The average Bonchev–Trinajstić information content (AvgIpc) is 3.30. The predicted molar refractivity (Wildman–Crippen MR) is 95.2 cm³/mol. The van der Waals surface area contributed by atoms with Gasteiger partial charge in [-0.05, 0) is 49.5 Å². The average molecular weight is 372 g/mol. The molecule has 27 heavy (non-hydrogen) atoms. The smallest absolute Gasteiger partial charge is 0.272 e. The number of likely N-dealkylation sites (tertiary alicyclic amines) is 1. The number of rotatable bonds is 2. The molecule has 4 aliphatic heterocycles. The fourth-order valence-electron chi connectivity index (χ4n) is 5.47. The number of benzene rings is 1. The van der Waals surface area contributed by atoms with Crippen molar-refractivity contribution in [3.63, 3.8) is 0 Å². The number of fused-ring (bicyclic) bond motifs is 2. The molecule has 5 nitrogen and oxygen atoms in total. The molecule has 2 bridgehead atoms. The normalized spacial score (nSPS) is 32.0. The van der Waals surface area contributed by atoms with Crippen molar-refractivity contribution in [1.29, 1.82) is 0 Å². The number of piperidine rings is 3. The van der Waals surface area contributed by atoms with Gasteiger partial charge in [0.1, 0.15) is 5.69 Å². The number of carbonyl (C=O) groups is 1. The van der Waals surface area contributed by atoms with E-state index in [1.807, 2.05) is 4.90 Å². The van der Waals surface area contributed by atoms with E-state index >= 15 is 0 Å². The Hall–Kier alpha value is -2.28. The minimum atomic E-state index is -0.823. The van der Waals surface area contributed by atoms with Crippen molar-refractivity contribution in [3.8, 4) is 0 Å². The first-order valence-corrected chi connectivity index (χ1v) is 9.53. The Balaban J connectivity index is 1.57. The summed E-state index contributed by atoms with van der Waals surface area (Å²) < 4.78 is 30.1. The third-order valence-electron chi connectivity index (χ3n) is 6.68. The van der Waals surface area contributed by atoms with Gasteiger partial charge in [0, 0.05) is 31.7 Å². The molecule has 1 amide bonds. The summed E-state index contributed by atoms with van der Waals surface area (Å²) in [6, 6.07) is 6.19. The molecule has 0 unspecified atom stereocenters.